The van der Waals surface area contributed by atoms with E-state index in [1.165, 1.54) is 6.42 Å². The van der Waals surface area contributed by atoms with Crippen molar-refractivity contribution in [3.8, 4) is 0 Å². The zero-order chi connectivity index (χ0) is 13.4. The highest BCUT2D eigenvalue weighted by atomic mass is 32.2. The summed E-state index contributed by atoms with van der Waals surface area (Å²) in [5.74, 6) is 0.309. The lowest BCUT2D eigenvalue weighted by molar-refractivity contribution is 0.184. The smallest absolute Gasteiger partial charge is 0.156 e. The van der Waals surface area contributed by atoms with Crippen LogP contribution in [-0.4, -0.2) is 56.5 Å². The van der Waals surface area contributed by atoms with Gasteiger partial charge in [0.1, 0.15) is 0 Å². The predicted molar refractivity (Wildman–Crippen MR) is 74.5 cm³/mol. The Bertz CT molecular complexity index is 397. The molecular formula is C13H26N2O2S. The molecular weight excluding hydrogens is 248 g/mol. The molecule has 0 aromatic rings. The molecule has 1 atom stereocenters. The number of sulfone groups is 1. The van der Waals surface area contributed by atoms with Gasteiger partial charge in [0.05, 0.1) is 10.5 Å². The summed E-state index contributed by atoms with van der Waals surface area (Å²) in [7, 11) is -2.94. The molecule has 4 nitrogen and oxygen atoms in total. The lowest BCUT2D eigenvalue weighted by Gasteiger charge is -2.31. The van der Waals surface area contributed by atoms with E-state index in [-0.39, 0.29) is 0 Å². The SMILES string of the molecule is CC1(CN2CCC(C)(C)S(=O)(=O)CC2)CCNC1. The number of nitrogens with zero attached hydrogens (tertiary/aromatic N) is 1. The van der Waals surface area contributed by atoms with E-state index >= 15 is 0 Å². The molecule has 106 valence electrons. The molecule has 0 radical (unpaired) electrons. The van der Waals surface area contributed by atoms with E-state index in [0.29, 0.717) is 17.7 Å². The average Bonchev–Trinajstić information content (AvgIpc) is 2.65. The second-order valence-electron chi connectivity index (χ2n) is 6.84. The molecule has 2 aliphatic rings. The van der Waals surface area contributed by atoms with E-state index in [1.54, 1.807) is 0 Å². The van der Waals surface area contributed by atoms with Gasteiger partial charge in [-0.05, 0) is 45.2 Å². The van der Waals surface area contributed by atoms with Crippen LogP contribution in [0.1, 0.15) is 33.6 Å². The highest BCUT2D eigenvalue weighted by Gasteiger charge is 2.38. The molecule has 2 fully saturated rings. The van der Waals surface area contributed by atoms with Gasteiger partial charge in [-0.25, -0.2) is 8.42 Å². The number of nitrogens with one attached hydrogen (secondary N) is 1. The van der Waals surface area contributed by atoms with Gasteiger partial charge in [0.2, 0.25) is 0 Å². The highest BCUT2D eigenvalue weighted by Crippen LogP contribution is 2.29. The van der Waals surface area contributed by atoms with Gasteiger partial charge in [-0.3, -0.25) is 0 Å². The van der Waals surface area contributed by atoms with Crippen molar-refractivity contribution in [1.29, 1.82) is 0 Å². The van der Waals surface area contributed by atoms with Crippen LogP contribution in [0.15, 0.2) is 0 Å². The van der Waals surface area contributed by atoms with Gasteiger partial charge in [0.25, 0.3) is 0 Å². The Balaban J connectivity index is 2.01. The Kier molecular flexibility index (Phi) is 3.78. The van der Waals surface area contributed by atoms with E-state index in [9.17, 15) is 8.42 Å². The standard InChI is InChI=1S/C13H26N2O2S/c1-12(2)5-7-15(8-9-18(12,16)17)11-13(3)4-6-14-10-13/h14H,4-11H2,1-3H3. The fraction of sp³-hybridized carbons (Fsp3) is 1.00. The van der Waals surface area contributed by atoms with Crippen LogP contribution < -0.4 is 5.32 Å². The summed E-state index contributed by atoms with van der Waals surface area (Å²) in [6, 6.07) is 0. The van der Waals surface area contributed by atoms with Gasteiger partial charge < -0.3 is 10.2 Å². The molecule has 0 aromatic heterocycles. The van der Waals surface area contributed by atoms with Crippen molar-refractivity contribution in [2.24, 2.45) is 5.41 Å². The molecule has 1 N–H and O–H groups in total. The lowest BCUT2D eigenvalue weighted by atomic mass is 9.89. The normalized spacial score (nSPS) is 36.4. The monoisotopic (exact) mass is 274 g/mol. The Morgan fingerprint density at radius 3 is 2.50 bits per heavy atom. The molecule has 1 unspecified atom stereocenters. The van der Waals surface area contributed by atoms with E-state index < -0.39 is 14.6 Å². The summed E-state index contributed by atoms with van der Waals surface area (Å²) >= 11 is 0. The zero-order valence-corrected chi connectivity index (χ0v) is 12.6. The minimum absolute atomic E-state index is 0.309. The first-order valence-corrected chi connectivity index (χ1v) is 8.55. The van der Waals surface area contributed by atoms with E-state index in [1.807, 2.05) is 13.8 Å². The van der Waals surface area contributed by atoms with Crippen molar-refractivity contribution in [3.05, 3.63) is 0 Å². The van der Waals surface area contributed by atoms with Crippen LogP contribution in [0.3, 0.4) is 0 Å². The Morgan fingerprint density at radius 1 is 1.17 bits per heavy atom. The van der Waals surface area contributed by atoms with Gasteiger partial charge in [0.15, 0.2) is 9.84 Å². The topological polar surface area (TPSA) is 49.4 Å². The summed E-state index contributed by atoms with van der Waals surface area (Å²) in [4.78, 5) is 2.35. The van der Waals surface area contributed by atoms with Gasteiger partial charge in [0, 0.05) is 19.6 Å². The van der Waals surface area contributed by atoms with Gasteiger partial charge in [-0.1, -0.05) is 6.92 Å². The third kappa shape index (κ3) is 2.89. The molecule has 18 heavy (non-hydrogen) atoms. The minimum Gasteiger partial charge on any atom is -0.316 e. The molecule has 0 saturated carbocycles. The zero-order valence-electron chi connectivity index (χ0n) is 11.8. The van der Waals surface area contributed by atoms with Crippen molar-refractivity contribution in [1.82, 2.24) is 10.2 Å². The maximum Gasteiger partial charge on any atom is 0.156 e. The minimum atomic E-state index is -2.94. The van der Waals surface area contributed by atoms with E-state index in [2.05, 4.69) is 17.1 Å². The number of hydrogen-bond donors (Lipinski definition) is 1. The van der Waals surface area contributed by atoms with Crippen LogP contribution in [0.25, 0.3) is 0 Å². The van der Waals surface area contributed by atoms with Crippen molar-refractivity contribution < 1.29 is 8.42 Å². The maximum atomic E-state index is 12.1. The molecule has 2 heterocycles. The molecule has 2 rings (SSSR count). The van der Waals surface area contributed by atoms with Crippen LogP contribution in [0.2, 0.25) is 0 Å². The molecule has 0 spiro atoms. The third-order valence-corrected chi connectivity index (χ3v) is 7.22. The fourth-order valence-corrected chi connectivity index (χ4v) is 4.38. The van der Waals surface area contributed by atoms with Crippen LogP contribution in [-0.2, 0) is 9.84 Å². The van der Waals surface area contributed by atoms with Gasteiger partial charge in [-0.15, -0.1) is 0 Å². The first-order chi connectivity index (χ1) is 8.24. The molecule has 0 aromatic carbocycles. The number of rotatable bonds is 2. The second-order valence-corrected chi connectivity index (χ2v) is 9.59. The number of hydrogen-bond acceptors (Lipinski definition) is 4. The summed E-state index contributed by atoms with van der Waals surface area (Å²) in [5.41, 5.74) is 0.318. The van der Waals surface area contributed by atoms with E-state index in [4.69, 9.17) is 0 Å². The molecule has 0 amide bonds. The molecule has 5 heteroatoms. The largest absolute Gasteiger partial charge is 0.316 e. The summed E-state index contributed by atoms with van der Waals surface area (Å²) in [5, 5.41) is 3.41. The van der Waals surface area contributed by atoms with Crippen LogP contribution in [0.4, 0.5) is 0 Å². The van der Waals surface area contributed by atoms with Crippen molar-refractivity contribution in [2.45, 2.75) is 38.4 Å². The molecule has 2 aliphatic heterocycles. The Morgan fingerprint density at radius 2 is 1.89 bits per heavy atom. The fourth-order valence-electron chi connectivity index (χ4n) is 2.92. The van der Waals surface area contributed by atoms with Crippen LogP contribution in [0, 0.1) is 5.41 Å². The average molecular weight is 274 g/mol. The first-order valence-electron chi connectivity index (χ1n) is 6.90. The molecule has 2 saturated heterocycles. The van der Waals surface area contributed by atoms with Crippen LogP contribution in [0.5, 0.6) is 0 Å². The van der Waals surface area contributed by atoms with E-state index in [0.717, 1.165) is 32.6 Å². The Labute approximate surface area is 111 Å². The first kappa shape index (κ1) is 14.3. The quantitative estimate of drug-likeness (QED) is 0.812. The summed E-state index contributed by atoms with van der Waals surface area (Å²) in [6.45, 7) is 10.8. The van der Waals surface area contributed by atoms with Crippen molar-refractivity contribution in [2.75, 3.05) is 38.5 Å². The second kappa shape index (κ2) is 4.76. The van der Waals surface area contributed by atoms with Crippen molar-refractivity contribution >= 4 is 9.84 Å². The van der Waals surface area contributed by atoms with Crippen molar-refractivity contribution in [3.63, 3.8) is 0 Å². The maximum absolute atomic E-state index is 12.1. The summed E-state index contributed by atoms with van der Waals surface area (Å²) < 4.78 is 23.7. The summed E-state index contributed by atoms with van der Waals surface area (Å²) in [6.07, 6.45) is 1.94. The van der Waals surface area contributed by atoms with Gasteiger partial charge >= 0.3 is 0 Å². The third-order valence-electron chi connectivity index (χ3n) is 4.61. The Hall–Kier alpha value is -0.130. The highest BCUT2D eigenvalue weighted by molar-refractivity contribution is 7.92. The molecule has 0 aliphatic carbocycles. The predicted octanol–water partition coefficient (Wildman–Crippen LogP) is 0.885. The molecule has 0 bridgehead atoms. The lowest BCUT2D eigenvalue weighted by Crippen LogP contribution is -2.38. The van der Waals surface area contributed by atoms with Crippen LogP contribution >= 0.6 is 0 Å². The van der Waals surface area contributed by atoms with Gasteiger partial charge in [-0.2, -0.15) is 0 Å².